The van der Waals surface area contributed by atoms with E-state index < -0.39 is 17.5 Å². The molecule has 0 fully saturated rings. The maximum Gasteiger partial charge on any atom is 0.247 e. The number of fused-ring (bicyclic) bond motifs is 1. The number of pyridine rings is 1. The molecule has 0 aliphatic carbocycles. The van der Waals surface area contributed by atoms with Crippen molar-refractivity contribution in [3.8, 4) is 17.1 Å². The van der Waals surface area contributed by atoms with E-state index in [9.17, 15) is 13.6 Å². The highest BCUT2D eigenvalue weighted by molar-refractivity contribution is 6.29. The van der Waals surface area contributed by atoms with Crippen LogP contribution in [-0.4, -0.2) is 70.7 Å². The maximum absolute atomic E-state index is 14.2. The monoisotopic (exact) mass is 598 g/mol. The molecule has 1 amide bonds. The van der Waals surface area contributed by atoms with Gasteiger partial charge in [0, 0.05) is 68.4 Å². The minimum Gasteiger partial charge on any atom is -0.473 e. The van der Waals surface area contributed by atoms with Gasteiger partial charge in [0.1, 0.15) is 5.69 Å². The van der Waals surface area contributed by atoms with Crippen molar-refractivity contribution in [3.05, 3.63) is 60.9 Å². The molecule has 0 aliphatic rings. The molecule has 0 radical (unpaired) electrons. The Morgan fingerprint density at radius 2 is 1.88 bits per heavy atom. The average molecular weight is 599 g/mol. The summed E-state index contributed by atoms with van der Waals surface area (Å²) < 4.78 is 37.0. The van der Waals surface area contributed by atoms with Gasteiger partial charge < -0.3 is 24.4 Å². The highest BCUT2D eigenvalue weighted by Crippen LogP contribution is 2.40. The van der Waals surface area contributed by atoms with Crippen molar-refractivity contribution in [3.63, 3.8) is 0 Å². The van der Waals surface area contributed by atoms with Gasteiger partial charge in [-0.3, -0.25) is 4.79 Å². The van der Waals surface area contributed by atoms with Gasteiger partial charge >= 0.3 is 0 Å². The van der Waals surface area contributed by atoms with Crippen LogP contribution < -0.4 is 19.4 Å². The summed E-state index contributed by atoms with van der Waals surface area (Å²) in [4.78, 5) is 30.0. The zero-order valence-electron chi connectivity index (χ0n) is 24.3. The lowest BCUT2D eigenvalue weighted by Gasteiger charge is -2.26. The number of benzene rings is 1. The van der Waals surface area contributed by atoms with Crippen LogP contribution in [0.4, 0.5) is 31.9 Å². The summed E-state index contributed by atoms with van der Waals surface area (Å²) in [5, 5.41) is 3.28. The molecule has 0 aliphatic heterocycles. The van der Waals surface area contributed by atoms with E-state index in [0.29, 0.717) is 40.2 Å². The van der Waals surface area contributed by atoms with Gasteiger partial charge in [0.05, 0.1) is 23.0 Å². The number of carbonyl (C=O) groups excluding carboxylic acids is 1. The summed E-state index contributed by atoms with van der Waals surface area (Å²) in [6.45, 7) is 8.60. The number of rotatable bonds is 11. The van der Waals surface area contributed by atoms with Gasteiger partial charge in [0.15, 0.2) is 17.5 Å². The van der Waals surface area contributed by atoms with Crippen molar-refractivity contribution in [2.24, 2.45) is 7.05 Å². The molecule has 3 heterocycles. The Morgan fingerprint density at radius 3 is 2.55 bits per heavy atom. The molecule has 0 unspecified atom stereocenters. The Kier molecular flexibility index (Phi) is 9.27. The predicted octanol–water partition coefficient (Wildman–Crippen LogP) is 5.51. The van der Waals surface area contributed by atoms with Crippen molar-refractivity contribution in [2.45, 2.75) is 20.0 Å². The molecule has 1 N–H and O–H groups in total. The third-order valence-electron chi connectivity index (χ3n) is 6.32. The van der Waals surface area contributed by atoms with E-state index in [0.717, 1.165) is 24.8 Å². The molecule has 10 nitrogen and oxygen atoms in total. The van der Waals surface area contributed by atoms with Gasteiger partial charge in [-0.05, 0) is 52.2 Å². The molecule has 3 aromatic heterocycles. The second-order valence-corrected chi connectivity index (χ2v) is 10.6. The lowest BCUT2D eigenvalue weighted by atomic mass is 10.1. The fourth-order valence-corrected chi connectivity index (χ4v) is 4.43. The van der Waals surface area contributed by atoms with Crippen molar-refractivity contribution < 1.29 is 18.3 Å². The number of carbonyl (C=O) groups is 1. The normalized spacial score (nSPS) is 11.3. The van der Waals surface area contributed by atoms with Crippen molar-refractivity contribution in [2.75, 3.05) is 48.9 Å². The van der Waals surface area contributed by atoms with Gasteiger partial charge in [0.25, 0.3) is 0 Å². The molecule has 42 heavy (non-hydrogen) atoms. The molecule has 0 saturated carbocycles. The molecule has 13 heteroatoms. The van der Waals surface area contributed by atoms with Gasteiger partial charge in [-0.25, -0.2) is 23.2 Å². The first-order chi connectivity index (χ1) is 19.9. The number of anilines is 4. The number of aromatic nitrogens is 4. The van der Waals surface area contributed by atoms with E-state index in [1.54, 1.807) is 29.9 Å². The van der Waals surface area contributed by atoms with Gasteiger partial charge in [-0.1, -0.05) is 6.58 Å². The number of nitrogens with one attached hydrogen (secondary N) is 1. The van der Waals surface area contributed by atoms with Crippen LogP contribution in [0.5, 0.6) is 5.88 Å². The standard InChI is InChI=1S/C29H33ClF2N8O2/c1-8-26(41)34-23-15-25(28(42-17(2)3)36-27(23)38(6)12-11-37(4)5)40(30)29-33-10-9-22(35-29)19-16-39(7)24-14-21(32)20(31)13-18(19)24/h8-10,13-17H,1,11-12H2,2-7H3,(H,34,41). The zero-order valence-corrected chi connectivity index (χ0v) is 25.1. The van der Waals surface area contributed by atoms with Crippen LogP contribution in [0.3, 0.4) is 0 Å². The minimum atomic E-state index is -0.963. The Labute approximate surface area is 248 Å². The fourth-order valence-electron chi connectivity index (χ4n) is 4.23. The summed E-state index contributed by atoms with van der Waals surface area (Å²) >= 11 is 6.85. The molecule has 0 spiro atoms. The summed E-state index contributed by atoms with van der Waals surface area (Å²) in [7, 11) is 7.52. The molecule has 0 atom stereocenters. The lowest BCUT2D eigenvalue weighted by Crippen LogP contribution is -2.30. The zero-order chi connectivity index (χ0) is 30.7. The summed E-state index contributed by atoms with van der Waals surface area (Å²) in [6.07, 6.45) is 4.13. The second-order valence-electron chi connectivity index (χ2n) is 10.2. The van der Waals surface area contributed by atoms with E-state index in [1.165, 1.54) is 10.6 Å². The Hall–Kier alpha value is -4.29. The van der Waals surface area contributed by atoms with Crippen LogP contribution >= 0.6 is 11.8 Å². The third kappa shape index (κ3) is 6.60. The minimum absolute atomic E-state index is 0.0684. The quantitative estimate of drug-likeness (QED) is 0.179. The van der Waals surface area contributed by atoms with Crippen molar-refractivity contribution >= 4 is 51.7 Å². The van der Waals surface area contributed by atoms with Crippen LogP contribution in [0.1, 0.15) is 13.8 Å². The smallest absolute Gasteiger partial charge is 0.247 e. The molecule has 222 valence electrons. The molecule has 4 aromatic rings. The number of hydrogen-bond donors (Lipinski definition) is 1. The van der Waals surface area contributed by atoms with Crippen LogP contribution in [0.15, 0.2) is 49.3 Å². The molecular formula is C29H33ClF2N8O2. The van der Waals surface area contributed by atoms with E-state index in [2.05, 4.69) is 21.9 Å². The first-order valence-electron chi connectivity index (χ1n) is 13.1. The summed E-state index contributed by atoms with van der Waals surface area (Å²) in [6, 6.07) is 5.56. The Morgan fingerprint density at radius 1 is 1.17 bits per heavy atom. The molecule has 0 saturated heterocycles. The Balaban J connectivity index is 1.82. The van der Waals surface area contributed by atoms with Crippen LogP contribution in [0, 0.1) is 11.6 Å². The average Bonchev–Trinajstić information content (AvgIpc) is 3.26. The van der Waals surface area contributed by atoms with E-state index >= 15 is 0 Å². The highest BCUT2D eigenvalue weighted by Gasteiger charge is 2.24. The SMILES string of the molecule is C=CC(=O)Nc1cc(N(Cl)c2nccc(-c3cn(C)c4cc(F)c(F)cc34)n2)c(OC(C)C)nc1N(C)CCN(C)C. The number of halogens is 3. The lowest BCUT2D eigenvalue weighted by molar-refractivity contribution is -0.111. The van der Waals surface area contributed by atoms with E-state index in [4.69, 9.17) is 21.5 Å². The number of aryl methyl sites for hydroxylation is 1. The fraction of sp³-hybridized carbons (Fsp3) is 0.310. The molecule has 0 bridgehead atoms. The third-order valence-corrected chi connectivity index (χ3v) is 6.65. The molecule has 1 aromatic carbocycles. The topological polar surface area (TPSA) is 91.6 Å². The Bertz CT molecular complexity index is 1630. The van der Waals surface area contributed by atoms with Crippen molar-refractivity contribution in [1.29, 1.82) is 0 Å². The van der Waals surface area contributed by atoms with Crippen LogP contribution in [0.2, 0.25) is 0 Å². The van der Waals surface area contributed by atoms with Crippen molar-refractivity contribution in [1.82, 2.24) is 24.4 Å². The van der Waals surface area contributed by atoms with Gasteiger partial charge in [-0.15, -0.1) is 0 Å². The van der Waals surface area contributed by atoms with E-state index in [-0.39, 0.29) is 23.6 Å². The number of nitrogens with zero attached hydrogens (tertiary/aromatic N) is 7. The summed E-state index contributed by atoms with van der Waals surface area (Å²) in [5.41, 5.74) is 2.15. The van der Waals surface area contributed by atoms with Gasteiger partial charge in [0.2, 0.25) is 17.7 Å². The number of hydrogen-bond acceptors (Lipinski definition) is 8. The molecular weight excluding hydrogens is 566 g/mol. The summed E-state index contributed by atoms with van der Waals surface area (Å²) in [5.74, 6) is -1.60. The highest BCUT2D eigenvalue weighted by atomic mass is 35.5. The van der Waals surface area contributed by atoms with Crippen LogP contribution in [-0.2, 0) is 11.8 Å². The maximum atomic E-state index is 14.2. The number of amides is 1. The first-order valence-corrected chi connectivity index (χ1v) is 13.5. The number of likely N-dealkylation sites (N-methyl/N-ethyl adjacent to an activating group) is 2. The van der Waals surface area contributed by atoms with E-state index in [1.807, 2.05) is 44.8 Å². The second kappa shape index (κ2) is 12.7. The first kappa shape index (κ1) is 30.7. The largest absolute Gasteiger partial charge is 0.473 e. The van der Waals surface area contributed by atoms with Gasteiger partial charge in [-0.2, -0.15) is 4.98 Å². The van der Waals surface area contributed by atoms with Crippen LogP contribution in [0.25, 0.3) is 22.2 Å². The molecule has 4 rings (SSSR count). The number of ether oxygens (including phenoxy) is 1. The predicted molar refractivity (Wildman–Crippen MR) is 163 cm³/mol.